The Labute approximate surface area is 181 Å². The molecule has 0 radical (unpaired) electrons. The molecule has 0 fully saturated rings. The molecule has 8 nitrogen and oxygen atoms in total. The number of aryl methyl sites for hydroxylation is 1. The van der Waals surface area contributed by atoms with Crippen LogP contribution in [0.4, 0.5) is 0 Å². The van der Waals surface area contributed by atoms with E-state index >= 15 is 0 Å². The van der Waals surface area contributed by atoms with E-state index in [9.17, 15) is 4.79 Å². The normalized spacial score (nSPS) is 9.63. The third-order valence-electron chi connectivity index (χ3n) is 3.37. The summed E-state index contributed by atoms with van der Waals surface area (Å²) in [6, 6.07) is 15.6. The minimum absolute atomic E-state index is 0.0477. The number of carboxylic acid groups (broad SMARTS) is 1. The molecule has 0 spiro atoms. The molecule has 6 N–H and O–H groups in total. The first-order valence-corrected chi connectivity index (χ1v) is 9.96. The summed E-state index contributed by atoms with van der Waals surface area (Å²) in [4.78, 5) is 16.0. The van der Waals surface area contributed by atoms with Gasteiger partial charge >= 0.3 is 5.97 Å². The maximum absolute atomic E-state index is 10.2. The Balaban J connectivity index is 0.000000303. The highest BCUT2D eigenvalue weighted by Crippen LogP contribution is 2.15. The Morgan fingerprint density at radius 1 is 1.17 bits per heavy atom. The van der Waals surface area contributed by atoms with Gasteiger partial charge in [-0.15, -0.1) is 0 Å². The number of benzene rings is 2. The van der Waals surface area contributed by atoms with Gasteiger partial charge in [-0.25, -0.2) is 4.72 Å². The van der Waals surface area contributed by atoms with Crippen LogP contribution in [0.15, 0.2) is 65.2 Å². The van der Waals surface area contributed by atoms with Crippen LogP contribution >= 0.6 is 11.9 Å². The zero-order valence-electron chi connectivity index (χ0n) is 16.9. The Morgan fingerprint density at radius 2 is 1.83 bits per heavy atom. The van der Waals surface area contributed by atoms with Gasteiger partial charge in [-0.2, -0.15) is 0 Å². The Morgan fingerprint density at radius 3 is 2.40 bits per heavy atom. The predicted octanol–water partition coefficient (Wildman–Crippen LogP) is 2.98. The molecule has 0 aromatic heterocycles. The number of ether oxygens (including phenoxy) is 1. The fraction of sp³-hybridized carbons (Fsp3) is 0.238. The van der Waals surface area contributed by atoms with Crippen molar-refractivity contribution >= 4 is 30.0 Å². The van der Waals surface area contributed by atoms with Crippen LogP contribution in [0.1, 0.15) is 17.5 Å². The minimum atomic E-state index is -0.861. The van der Waals surface area contributed by atoms with E-state index in [0.29, 0.717) is 13.2 Å². The minimum Gasteiger partial charge on any atom is -0.493 e. The quantitative estimate of drug-likeness (QED) is 0.140. The van der Waals surface area contributed by atoms with Crippen molar-refractivity contribution in [3.8, 4) is 5.75 Å². The van der Waals surface area contributed by atoms with Gasteiger partial charge in [-0.1, -0.05) is 42.5 Å². The molecule has 0 saturated carbocycles. The molecule has 30 heavy (non-hydrogen) atoms. The summed E-state index contributed by atoms with van der Waals surface area (Å²) >= 11 is 1.30. The van der Waals surface area contributed by atoms with E-state index in [1.807, 2.05) is 55.5 Å². The molecule has 9 heteroatoms. The lowest BCUT2D eigenvalue weighted by Gasteiger charge is -2.05. The first kappa shape index (κ1) is 24.9. The third kappa shape index (κ3) is 12.3. The van der Waals surface area contributed by atoms with E-state index in [2.05, 4.69) is 16.5 Å². The number of rotatable bonds is 11. The number of aliphatic carboxylic acids is 1. The zero-order valence-corrected chi connectivity index (χ0v) is 17.7. The third-order valence-corrected chi connectivity index (χ3v) is 4.17. The molecule has 0 atom stereocenters. The zero-order chi connectivity index (χ0) is 22.2. The van der Waals surface area contributed by atoms with Crippen LogP contribution < -0.4 is 20.9 Å². The van der Waals surface area contributed by atoms with E-state index in [1.165, 1.54) is 17.5 Å². The average Bonchev–Trinajstić information content (AvgIpc) is 2.72. The van der Waals surface area contributed by atoms with Gasteiger partial charge in [0.15, 0.2) is 0 Å². The molecule has 0 aliphatic rings. The van der Waals surface area contributed by atoms with Crippen molar-refractivity contribution in [3.05, 3.63) is 66.2 Å². The number of hydrogen-bond acceptors (Lipinski definition) is 6. The molecule has 0 heterocycles. The lowest BCUT2D eigenvalue weighted by Crippen LogP contribution is -2.23. The van der Waals surface area contributed by atoms with E-state index in [-0.39, 0.29) is 12.5 Å². The molecule has 0 saturated heterocycles. The van der Waals surface area contributed by atoms with Gasteiger partial charge < -0.3 is 26.1 Å². The molecular formula is C21H28N4O4S. The summed E-state index contributed by atoms with van der Waals surface area (Å²) in [5.74, 6) is -0.0768. The fourth-order valence-electron chi connectivity index (χ4n) is 1.92. The molecule has 2 aromatic carbocycles. The number of nitrogens with one attached hydrogen (secondary N) is 1. The standard InChI is InChI=1S/C11H17N3O2.C10H11NO2S/c1-9-3-5-10(6-4-9)15-7-2-8-16-14-11(12)13;1-2-8-3-5-9(6-4-8)14-11-7-10(12)13/h3-6H,2,7-8H2,1H3,(H4,12,13,14);2-6,11H,1,7H2,(H,12,13). The number of carboxylic acids is 1. The van der Waals surface area contributed by atoms with Crippen LogP contribution in [-0.2, 0) is 9.63 Å². The summed E-state index contributed by atoms with van der Waals surface area (Å²) < 4.78 is 8.21. The fourth-order valence-corrected chi connectivity index (χ4v) is 2.56. The molecular weight excluding hydrogens is 404 g/mol. The average molecular weight is 433 g/mol. The van der Waals surface area contributed by atoms with Crippen LogP contribution in [0.25, 0.3) is 6.08 Å². The molecule has 0 aliphatic carbocycles. The monoisotopic (exact) mass is 432 g/mol. The molecule has 2 aromatic rings. The number of oxime groups is 1. The van der Waals surface area contributed by atoms with Crippen LogP contribution in [0, 0.1) is 6.92 Å². The second kappa shape index (κ2) is 14.8. The van der Waals surface area contributed by atoms with Crippen LogP contribution in [0.5, 0.6) is 5.75 Å². The highest BCUT2D eigenvalue weighted by Gasteiger charge is 1.97. The first-order chi connectivity index (χ1) is 14.4. The van der Waals surface area contributed by atoms with E-state index < -0.39 is 5.97 Å². The molecule has 0 aliphatic heterocycles. The lowest BCUT2D eigenvalue weighted by molar-refractivity contribution is -0.135. The molecule has 0 unspecified atom stereocenters. The summed E-state index contributed by atoms with van der Waals surface area (Å²) in [7, 11) is 0. The van der Waals surface area contributed by atoms with Crippen molar-refractivity contribution < 1.29 is 19.5 Å². The van der Waals surface area contributed by atoms with Crippen molar-refractivity contribution in [2.75, 3.05) is 19.8 Å². The maximum Gasteiger partial charge on any atom is 0.318 e. The Bertz CT molecular complexity index is 792. The van der Waals surface area contributed by atoms with Gasteiger partial charge in [0.2, 0.25) is 5.96 Å². The van der Waals surface area contributed by atoms with Gasteiger partial charge in [0, 0.05) is 11.3 Å². The number of nitrogens with two attached hydrogens (primary N) is 2. The highest BCUT2D eigenvalue weighted by molar-refractivity contribution is 7.97. The molecule has 0 bridgehead atoms. The number of nitrogens with zero attached hydrogens (tertiary/aromatic N) is 1. The van der Waals surface area contributed by atoms with Gasteiger partial charge in [0.25, 0.3) is 0 Å². The van der Waals surface area contributed by atoms with Gasteiger partial charge in [-0.05, 0) is 53.9 Å². The number of carbonyl (C=O) groups is 1. The summed E-state index contributed by atoms with van der Waals surface area (Å²) in [5, 5.41) is 11.8. The highest BCUT2D eigenvalue weighted by atomic mass is 32.2. The van der Waals surface area contributed by atoms with Crippen LogP contribution in [-0.4, -0.2) is 36.8 Å². The predicted molar refractivity (Wildman–Crippen MR) is 121 cm³/mol. The van der Waals surface area contributed by atoms with Crippen molar-refractivity contribution in [1.29, 1.82) is 0 Å². The topological polar surface area (TPSA) is 132 Å². The summed E-state index contributed by atoms with van der Waals surface area (Å²) in [6.07, 6.45) is 2.49. The van der Waals surface area contributed by atoms with E-state index in [0.717, 1.165) is 22.6 Å². The van der Waals surface area contributed by atoms with E-state index in [1.54, 1.807) is 6.08 Å². The maximum atomic E-state index is 10.2. The van der Waals surface area contributed by atoms with Crippen LogP contribution in [0.2, 0.25) is 0 Å². The van der Waals surface area contributed by atoms with Gasteiger partial charge in [0.05, 0.1) is 6.61 Å². The van der Waals surface area contributed by atoms with Gasteiger partial charge in [-0.3, -0.25) is 4.79 Å². The second-order valence-electron chi connectivity index (χ2n) is 5.95. The largest absolute Gasteiger partial charge is 0.493 e. The van der Waals surface area contributed by atoms with Crippen LogP contribution in [0.3, 0.4) is 0 Å². The first-order valence-electron chi connectivity index (χ1n) is 9.15. The summed E-state index contributed by atoms with van der Waals surface area (Å²) in [6.45, 7) is 6.64. The van der Waals surface area contributed by atoms with Crippen molar-refractivity contribution in [1.82, 2.24) is 4.72 Å². The Hall–Kier alpha value is -3.17. The van der Waals surface area contributed by atoms with Crippen molar-refractivity contribution in [3.63, 3.8) is 0 Å². The van der Waals surface area contributed by atoms with Crippen molar-refractivity contribution in [2.45, 2.75) is 18.2 Å². The Kier molecular flexibility index (Phi) is 12.2. The smallest absolute Gasteiger partial charge is 0.318 e. The SMILES string of the molecule is C=Cc1ccc(SNCC(=O)O)cc1.Cc1ccc(OCCCON=C(N)N)cc1. The summed E-state index contributed by atoms with van der Waals surface area (Å²) in [5.41, 5.74) is 12.4. The second-order valence-corrected chi connectivity index (χ2v) is 6.92. The number of guanidine groups is 1. The van der Waals surface area contributed by atoms with E-state index in [4.69, 9.17) is 26.1 Å². The molecule has 2 rings (SSSR count). The lowest BCUT2D eigenvalue weighted by atomic mass is 10.2. The molecule has 162 valence electrons. The van der Waals surface area contributed by atoms with Crippen molar-refractivity contribution in [2.24, 2.45) is 16.6 Å². The molecule has 0 amide bonds. The van der Waals surface area contributed by atoms with Gasteiger partial charge in [0.1, 0.15) is 18.9 Å². The number of hydrogen-bond donors (Lipinski definition) is 4.